The standard InChI is InChI=1S/C19H19N3O3/c1-14-5-4-6-15(11-14)24-10-9-20-18(23)12-25-19-16-7-2-3-8-17(16)21-13-22-19/h2-8,11,13H,9-10,12H2,1H3,(H,20,23). The lowest BCUT2D eigenvalue weighted by molar-refractivity contribution is -0.123. The van der Waals surface area contributed by atoms with Crippen LogP contribution in [-0.4, -0.2) is 35.6 Å². The van der Waals surface area contributed by atoms with Crippen LogP contribution in [0.15, 0.2) is 54.9 Å². The van der Waals surface area contributed by atoms with E-state index in [2.05, 4.69) is 15.3 Å². The molecule has 128 valence electrons. The summed E-state index contributed by atoms with van der Waals surface area (Å²) in [7, 11) is 0. The summed E-state index contributed by atoms with van der Waals surface area (Å²) in [6.07, 6.45) is 1.42. The molecule has 0 saturated heterocycles. The van der Waals surface area contributed by atoms with Crippen molar-refractivity contribution in [1.82, 2.24) is 15.3 Å². The molecule has 0 aliphatic carbocycles. The molecule has 0 aliphatic rings. The Bertz CT molecular complexity index is 862. The molecule has 0 atom stereocenters. The number of rotatable bonds is 7. The lowest BCUT2D eigenvalue weighted by Crippen LogP contribution is -2.32. The smallest absolute Gasteiger partial charge is 0.258 e. The third-order valence-electron chi connectivity index (χ3n) is 3.53. The van der Waals surface area contributed by atoms with Crippen molar-refractivity contribution < 1.29 is 14.3 Å². The van der Waals surface area contributed by atoms with E-state index in [0.717, 1.165) is 22.2 Å². The Kier molecular flexibility index (Phi) is 5.41. The number of carbonyl (C=O) groups is 1. The summed E-state index contributed by atoms with van der Waals surface area (Å²) >= 11 is 0. The first-order valence-corrected chi connectivity index (χ1v) is 8.01. The van der Waals surface area contributed by atoms with Gasteiger partial charge in [0.05, 0.1) is 17.4 Å². The summed E-state index contributed by atoms with van der Waals surface area (Å²) in [4.78, 5) is 20.1. The average Bonchev–Trinajstić information content (AvgIpc) is 2.63. The monoisotopic (exact) mass is 337 g/mol. The number of para-hydroxylation sites is 1. The van der Waals surface area contributed by atoms with Crippen molar-refractivity contribution in [3.05, 3.63) is 60.4 Å². The highest BCUT2D eigenvalue weighted by atomic mass is 16.5. The summed E-state index contributed by atoms with van der Waals surface area (Å²) in [5.74, 6) is 0.963. The molecular formula is C19H19N3O3. The van der Waals surface area contributed by atoms with Gasteiger partial charge in [-0.05, 0) is 36.8 Å². The molecule has 25 heavy (non-hydrogen) atoms. The molecular weight excluding hydrogens is 318 g/mol. The highest BCUT2D eigenvalue weighted by Crippen LogP contribution is 2.20. The second-order valence-corrected chi connectivity index (χ2v) is 5.50. The lowest BCUT2D eigenvalue weighted by atomic mass is 10.2. The molecule has 0 unspecified atom stereocenters. The van der Waals surface area contributed by atoms with Gasteiger partial charge in [-0.3, -0.25) is 4.79 Å². The fraction of sp³-hybridized carbons (Fsp3) is 0.211. The van der Waals surface area contributed by atoms with Crippen molar-refractivity contribution in [3.8, 4) is 11.6 Å². The Balaban J connectivity index is 1.43. The van der Waals surface area contributed by atoms with E-state index in [1.807, 2.05) is 55.5 Å². The quantitative estimate of drug-likeness (QED) is 0.671. The highest BCUT2D eigenvalue weighted by molar-refractivity contribution is 5.83. The van der Waals surface area contributed by atoms with Crippen LogP contribution in [0.3, 0.4) is 0 Å². The molecule has 1 aromatic heterocycles. The molecule has 0 radical (unpaired) electrons. The van der Waals surface area contributed by atoms with Crippen LogP contribution < -0.4 is 14.8 Å². The molecule has 2 aromatic carbocycles. The largest absolute Gasteiger partial charge is 0.492 e. The Hall–Kier alpha value is -3.15. The normalized spacial score (nSPS) is 10.4. The Labute approximate surface area is 145 Å². The maximum absolute atomic E-state index is 11.9. The molecule has 0 spiro atoms. The Morgan fingerprint density at radius 3 is 2.84 bits per heavy atom. The van der Waals surface area contributed by atoms with Crippen molar-refractivity contribution in [3.63, 3.8) is 0 Å². The predicted octanol–water partition coefficient (Wildman–Crippen LogP) is 2.51. The Morgan fingerprint density at radius 1 is 1.08 bits per heavy atom. The second-order valence-electron chi connectivity index (χ2n) is 5.50. The van der Waals surface area contributed by atoms with E-state index in [0.29, 0.717) is 19.0 Å². The summed E-state index contributed by atoms with van der Waals surface area (Å²) in [5.41, 5.74) is 1.91. The van der Waals surface area contributed by atoms with Gasteiger partial charge in [0.2, 0.25) is 5.88 Å². The van der Waals surface area contributed by atoms with Crippen LogP contribution in [-0.2, 0) is 4.79 Å². The van der Waals surface area contributed by atoms with Gasteiger partial charge in [-0.2, -0.15) is 0 Å². The van der Waals surface area contributed by atoms with E-state index in [-0.39, 0.29) is 12.5 Å². The average molecular weight is 337 g/mol. The number of aromatic nitrogens is 2. The van der Waals surface area contributed by atoms with E-state index < -0.39 is 0 Å². The summed E-state index contributed by atoms with van der Waals surface area (Å²) in [6.45, 7) is 2.69. The van der Waals surface area contributed by atoms with Gasteiger partial charge in [0.1, 0.15) is 18.7 Å². The molecule has 0 saturated carbocycles. The summed E-state index contributed by atoms with van der Waals surface area (Å²) < 4.78 is 11.1. The van der Waals surface area contributed by atoms with Crippen LogP contribution >= 0.6 is 0 Å². The van der Waals surface area contributed by atoms with Crippen molar-refractivity contribution >= 4 is 16.8 Å². The highest BCUT2D eigenvalue weighted by Gasteiger charge is 2.07. The summed E-state index contributed by atoms with van der Waals surface area (Å²) in [5, 5.41) is 3.53. The number of benzene rings is 2. The molecule has 0 aliphatic heterocycles. The van der Waals surface area contributed by atoms with Gasteiger partial charge < -0.3 is 14.8 Å². The first-order valence-electron chi connectivity index (χ1n) is 8.01. The third-order valence-corrected chi connectivity index (χ3v) is 3.53. The fourth-order valence-electron chi connectivity index (χ4n) is 2.34. The summed E-state index contributed by atoms with van der Waals surface area (Å²) in [6, 6.07) is 15.3. The number of nitrogens with one attached hydrogen (secondary N) is 1. The molecule has 3 rings (SSSR count). The zero-order valence-corrected chi connectivity index (χ0v) is 13.9. The zero-order chi connectivity index (χ0) is 17.5. The number of carbonyl (C=O) groups excluding carboxylic acids is 1. The molecule has 6 nitrogen and oxygen atoms in total. The van der Waals surface area contributed by atoms with Gasteiger partial charge in [-0.15, -0.1) is 0 Å². The molecule has 1 amide bonds. The Morgan fingerprint density at radius 2 is 1.96 bits per heavy atom. The first-order chi connectivity index (χ1) is 12.2. The predicted molar refractivity (Wildman–Crippen MR) is 94.7 cm³/mol. The minimum atomic E-state index is -0.226. The minimum absolute atomic E-state index is 0.106. The lowest BCUT2D eigenvalue weighted by Gasteiger charge is -2.09. The van der Waals surface area contributed by atoms with Gasteiger partial charge in [-0.25, -0.2) is 9.97 Å². The van der Waals surface area contributed by atoms with Crippen LogP contribution in [0.1, 0.15) is 5.56 Å². The van der Waals surface area contributed by atoms with Crippen LogP contribution in [0.5, 0.6) is 11.6 Å². The van der Waals surface area contributed by atoms with Gasteiger partial charge in [0.25, 0.3) is 5.91 Å². The number of hydrogen-bond acceptors (Lipinski definition) is 5. The van der Waals surface area contributed by atoms with E-state index in [9.17, 15) is 4.79 Å². The fourth-order valence-corrected chi connectivity index (χ4v) is 2.34. The molecule has 1 N–H and O–H groups in total. The minimum Gasteiger partial charge on any atom is -0.492 e. The molecule has 6 heteroatoms. The van der Waals surface area contributed by atoms with Crippen LogP contribution in [0.4, 0.5) is 0 Å². The third kappa shape index (κ3) is 4.67. The van der Waals surface area contributed by atoms with Crippen LogP contribution in [0.2, 0.25) is 0 Å². The van der Waals surface area contributed by atoms with E-state index >= 15 is 0 Å². The van der Waals surface area contributed by atoms with Gasteiger partial charge >= 0.3 is 0 Å². The van der Waals surface area contributed by atoms with Crippen molar-refractivity contribution in [1.29, 1.82) is 0 Å². The van der Waals surface area contributed by atoms with Crippen molar-refractivity contribution in [2.24, 2.45) is 0 Å². The molecule has 3 aromatic rings. The number of nitrogens with zero attached hydrogens (tertiary/aromatic N) is 2. The second kappa shape index (κ2) is 8.10. The van der Waals surface area contributed by atoms with E-state index in [4.69, 9.17) is 9.47 Å². The maximum Gasteiger partial charge on any atom is 0.258 e. The number of amides is 1. The molecule has 1 heterocycles. The van der Waals surface area contributed by atoms with Crippen LogP contribution in [0.25, 0.3) is 10.9 Å². The van der Waals surface area contributed by atoms with E-state index in [1.54, 1.807) is 0 Å². The first kappa shape index (κ1) is 16.7. The van der Waals surface area contributed by atoms with Gasteiger partial charge in [0, 0.05) is 0 Å². The number of ether oxygens (including phenoxy) is 2. The SMILES string of the molecule is Cc1cccc(OCCNC(=O)COc2ncnc3ccccc23)c1. The van der Waals surface area contributed by atoms with Gasteiger partial charge in [0.15, 0.2) is 6.61 Å². The number of fused-ring (bicyclic) bond motifs is 1. The maximum atomic E-state index is 11.9. The van der Waals surface area contributed by atoms with Gasteiger partial charge in [-0.1, -0.05) is 24.3 Å². The van der Waals surface area contributed by atoms with E-state index in [1.165, 1.54) is 6.33 Å². The zero-order valence-electron chi connectivity index (χ0n) is 13.9. The van der Waals surface area contributed by atoms with Crippen molar-refractivity contribution in [2.75, 3.05) is 19.8 Å². The van der Waals surface area contributed by atoms with Crippen LogP contribution in [0, 0.1) is 6.92 Å². The molecule has 0 fully saturated rings. The molecule has 0 bridgehead atoms. The number of hydrogen-bond donors (Lipinski definition) is 1. The van der Waals surface area contributed by atoms with Crippen molar-refractivity contribution in [2.45, 2.75) is 6.92 Å². The number of aryl methyl sites for hydroxylation is 1. The topological polar surface area (TPSA) is 73.3 Å².